The van der Waals surface area contributed by atoms with E-state index in [1.54, 1.807) is 4.57 Å². The molecule has 16 heteroatoms. The van der Waals surface area contributed by atoms with Crippen molar-refractivity contribution in [3.05, 3.63) is 122 Å². The molecule has 3 aliphatic heterocycles. The van der Waals surface area contributed by atoms with Crippen molar-refractivity contribution in [1.82, 2.24) is 30.4 Å². The quantitative estimate of drug-likeness (QED) is 0.0655. The Morgan fingerprint density at radius 2 is 1.58 bits per heavy atom. The number of fused-ring (bicyclic) bond motifs is 5. The van der Waals surface area contributed by atoms with Gasteiger partial charge in [0.15, 0.2) is 11.6 Å². The Morgan fingerprint density at radius 1 is 0.851 bits per heavy atom. The highest BCUT2D eigenvalue weighted by atomic mass is 16.5. The van der Waals surface area contributed by atoms with Gasteiger partial charge in [-0.1, -0.05) is 56.3 Å². The summed E-state index contributed by atoms with van der Waals surface area (Å²) in [6.07, 6.45) is 7.01. The number of Topliss-reactive ketones (excluding diaryl/α,β-unsaturated/α-hetero) is 2. The third kappa shape index (κ3) is 9.75. The number of pyridine rings is 2. The van der Waals surface area contributed by atoms with Crippen LogP contribution in [0.1, 0.15) is 90.8 Å². The Bertz CT molecular complexity index is 2800. The number of carbonyl (C=O) groups excluding carboxylic acids is 7. The van der Waals surface area contributed by atoms with Crippen LogP contribution in [0.3, 0.4) is 0 Å². The van der Waals surface area contributed by atoms with Crippen LogP contribution in [0.4, 0.5) is 0 Å². The second kappa shape index (κ2) is 19.8. The lowest BCUT2D eigenvalue weighted by Gasteiger charge is -2.35. The van der Waals surface area contributed by atoms with E-state index in [4.69, 9.17) is 9.72 Å². The van der Waals surface area contributed by atoms with Crippen LogP contribution in [0, 0.1) is 5.92 Å². The lowest BCUT2D eigenvalue weighted by molar-refractivity contribution is -0.137. The van der Waals surface area contributed by atoms with E-state index >= 15 is 0 Å². The van der Waals surface area contributed by atoms with Gasteiger partial charge in [0.2, 0.25) is 17.7 Å². The minimum Gasteiger partial charge on any atom is -0.490 e. The predicted molar refractivity (Wildman–Crippen MR) is 246 cm³/mol. The number of nitrogens with zero attached hydrogens (tertiary/aromatic N) is 3. The fourth-order valence-corrected chi connectivity index (χ4v) is 9.69. The van der Waals surface area contributed by atoms with Gasteiger partial charge in [-0.2, -0.15) is 0 Å². The number of aliphatic hydroxyl groups is 1. The van der Waals surface area contributed by atoms with Crippen molar-refractivity contribution in [3.8, 4) is 11.4 Å². The maximum atomic E-state index is 13.9. The molecule has 8 rings (SSSR count). The topological polar surface area (TPSA) is 223 Å². The summed E-state index contributed by atoms with van der Waals surface area (Å²) in [4.78, 5) is 109. The molecule has 2 atom stereocenters. The number of aryl methyl sites for hydroxylation is 2. The van der Waals surface area contributed by atoms with Gasteiger partial charge in [0.25, 0.3) is 17.4 Å². The van der Waals surface area contributed by atoms with Crippen LogP contribution < -0.4 is 21.5 Å². The first-order valence-electron chi connectivity index (χ1n) is 23.0. The molecule has 4 aliphatic rings. The molecule has 4 aromatic rings. The van der Waals surface area contributed by atoms with E-state index in [1.807, 2.05) is 55.5 Å². The monoisotopic (exact) mass is 910 g/mol. The molecule has 348 valence electrons. The number of carbonyl (C=O) groups is 7. The summed E-state index contributed by atoms with van der Waals surface area (Å²) in [6, 6.07) is 14.9. The Labute approximate surface area is 386 Å². The van der Waals surface area contributed by atoms with Crippen LogP contribution in [-0.4, -0.2) is 86.8 Å². The van der Waals surface area contributed by atoms with Gasteiger partial charge < -0.3 is 30.4 Å². The molecule has 2 aromatic heterocycles. The summed E-state index contributed by atoms with van der Waals surface area (Å²) < 4.78 is 7.37. The zero-order valence-electron chi connectivity index (χ0n) is 37.5. The average Bonchev–Trinajstić information content (AvgIpc) is 3.86. The second-order valence-corrected chi connectivity index (χ2v) is 17.7. The van der Waals surface area contributed by atoms with Crippen LogP contribution in [0.5, 0.6) is 0 Å². The maximum absolute atomic E-state index is 13.9. The molecule has 0 fully saturated rings. The standard InChI is InChI=1S/C51H54N6O10/c1-3-51(66)30(2)67-29-39-40(51)24-42-48-38(28-57(42)50(39)65)37-14-10-13-36-32(16-17-41(55-48)47(36)37)22-34(58)26-54-49(64)33(21-31-11-6-4-7-12-31)23-35(59)25-52-44(61)27-53-43(60)15-8-5-9-20-56-45(62)18-19-46(56)63/h4,6-7,11-12,16-19,24,33,66H,2-3,5,8-10,13-15,20-23,25-29H2,1H3,(H,52,61)(H,53,60)(H,54,64)/t33-,51-/m1/s1. The van der Waals surface area contributed by atoms with Crippen molar-refractivity contribution >= 4 is 52.0 Å². The fraction of sp³-hybridized carbons (Fsp3) is 0.392. The zero-order valence-corrected chi connectivity index (χ0v) is 37.5. The van der Waals surface area contributed by atoms with Gasteiger partial charge in [-0.25, -0.2) is 4.98 Å². The molecule has 4 N–H and O–H groups in total. The van der Waals surface area contributed by atoms with Crippen molar-refractivity contribution in [3.63, 3.8) is 0 Å². The van der Waals surface area contributed by atoms with E-state index < -0.39 is 29.1 Å². The molecule has 5 heterocycles. The smallest absolute Gasteiger partial charge is 0.258 e. The van der Waals surface area contributed by atoms with E-state index in [-0.39, 0.29) is 93.3 Å². The number of aromatic nitrogens is 2. The first-order valence-corrected chi connectivity index (χ1v) is 23.0. The largest absolute Gasteiger partial charge is 0.490 e. The highest BCUT2D eigenvalue weighted by Gasteiger charge is 2.42. The van der Waals surface area contributed by atoms with Crippen molar-refractivity contribution in [2.75, 3.05) is 26.2 Å². The number of amides is 5. The SMILES string of the molecule is C=C1OCc2c(cc3n(c2=O)Cc2c-3nc3ccc(CC(=O)CNC(=O)[C@@H](CC(=O)CNC(=O)CNC(=O)CCCCCN4C(=O)C=CC4=O)Cc4ccccc4)c4c3c2CCC4)[C@@]1(O)CC. The number of hydrogen-bond donors (Lipinski definition) is 4. The Morgan fingerprint density at radius 3 is 2.34 bits per heavy atom. The maximum Gasteiger partial charge on any atom is 0.258 e. The third-order valence-electron chi connectivity index (χ3n) is 13.3. The van der Waals surface area contributed by atoms with Crippen molar-refractivity contribution in [2.45, 2.75) is 96.3 Å². The molecule has 0 radical (unpaired) electrons. The molecule has 1 aliphatic carbocycles. The molecule has 0 bridgehead atoms. The van der Waals surface area contributed by atoms with Gasteiger partial charge in [0, 0.05) is 60.4 Å². The first-order chi connectivity index (χ1) is 32.2. The Kier molecular flexibility index (Phi) is 13.7. The van der Waals surface area contributed by atoms with E-state index in [0.717, 1.165) is 62.9 Å². The van der Waals surface area contributed by atoms with Gasteiger partial charge in [0.1, 0.15) is 18.0 Å². The van der Waals surface area contributed by atoms with E-state index in [9.17, 15) is 43.5 Å². The van der Waals surface area contributed by atoms with E-state index in [2.05, 4.69) is 22.5 Å². The highest BCUT2D eigenvalue weighted by Crippen LogP contribution is 2.44. The fourth-order valence-electron chi connectivity index (χ4n) is 9.69. The predicted octanol–water partition coefficient (Wildman–Crippen LogP) is 3.32. The summed E-state index contributed by atoms with van der Waals surface area (Å²) in [5.41, 5.74) is 6.06. The summed E-state index contributed by atoms with van der Waals surface area (Å²) >= 11 is 0. The van der Waals surface area contributed by atoms with Crippen molar-refractivity contribution in [2.24, 2.45) is 5.92 Å². The number of imide groups is 1. The van der Waals surface area contributed by atoms with Crippen molar-refractivity contribution < 1.29 is 43.4 Å². The number of ether oxygens (including phenoxy) is 1. The van der Waals surface area contributed by atoms with Gasteiger partial charge in [-0.15, -0.1) is 0 Å². The van der Waals surface area contributed by atoms with Crippen LogP contribution in [0.15, 0.2) is 77.8 Å². The summed E-state index contributed by atoms with van der Waals surface area (Å²) in [5, 5.41) is 20.3. The summed E-state index contributed by atoms with van der Waals surface area (Å²) in [5.74, 6) is -3.29. The second-order valence-electron chi connectivity index (χ2n) is 17.7. The average molecular weight is 911 g/mol. The lowest BCUT2D eigenvalue weighted by Crippen LogP contribution is -2.41. The van der Waals surface area contributed by atoms with Crippen LogP contribution in [-0.2, 0) is 82.7 Å². The zero-order chi connectivity index (χ0) is 47.4. The molecule has 0 saturated carbocycles. The van der Waals surface area contributed by atoms with Crippen LogP contribution in [0.2, 0.25) is 0 Å². The minimum atomic E-state index is -1.49. The number of hydrogen-bond acceptors (Lipinski definition) is 11. The van der Waals surface area contributed by atoms with E-state index in [1.165, 1.54) is 12.2 Å². The Hall–Kier alpha value is -7.07. The lowest BCUT2D eigenvalue weighted by atomic mass is 9.83. The molecule has 0 spiro atoms. The summed E-state index contributed by atoms with van der Waals surface area (Å²) in [7, 11) is 0. The molecule has 67 heavy (non-hydrogen) atoms. The molecule has 2 aromatic carbocycles. The number of benzene rings is 2. The third-order valence-corrected chi connectivity index (χ3v) is 13.3. The number of nitrogens with one attached hydrogen (secondary N) is 3. The van der Waals surface area contributed by atoms with Crippen molar-refractivity contribution in [1.29, 1.82) is 0 Å². The number of unbranched alkanes of at least 4 members (excludes halogenated alkanes) is 2. The van der Waals surface area contributed by atoms with Crippen LogP contribution >= 0.6 is 0 Å². The molecule has 0 saturated heterocycles. The van der Waals surface area contributed by atoms with Gasteiger partial charge in [0.05, 0.1) is 48.6 Å². The molecule has 0 unspecified atom stereocenters. The molecule has 5 amide bonds. The number of rotatable bonds is 20. The van der Waals surface area contributed by atoms with Gasteiger partial charge >= 0.3 is 0 Å². The molecular weight excluding hydrogens is 857 g/mol. The van der Waals surface area contributed by atoms with Gasteiger partial charge in [-0.3, -0.25) is 43.3 Å². The Balaban J connectivity index is 0.858. The first kappa shape index (κ1) is 46.5. The molecule has 16 nitrogen and oxygen atoms in total. The molecular formula is C51H54N6O10. The summed E-state index contributed by atoms with van der Waals surface area (Å²) in [6.45, 7) is 5.46. The highest BCUT2D eigenvalue weighted by molar-refractivity contribution is 6.12. The normalized spacial score (nSPS) is 17.1. The van der Waals surface area contributed by atoms with Gasteiger partial charge in [-0.05, 0) is 79.3 Å². The number of ketones is 2. The minimum absolute atomic E-state index is 0.0336. The van der Waals surface area contributed by atoms with E-state index in [0.29, 0.717) is 54.7 Å². The van der Waals surface area contributed by atoms with Crippen LogP contribution in [0.25, 0.3) is 22.3 Å².